The average molecular weight is 521 g/mol. The summed E-state index contributed by atoms with van der Waals surface area (Å²) in [6, 6.07) is 11.9. The summed E-state index contributed by atoms with van der Waals surface area (Å²) in [5.74, 6) is 0.361. The summed E-state index contributed by atoms with van der Waals surface area (Å²) < 4.78 is 31.5. The summed E-state index contributed by atoms with van der Waals surface area (Å²) in [4.78, 5) is 35.6. The molecule has 3 heterocycles. The number of nitrogens with zero attached hydrogens (tertiary/aromatic N) is 5. The van der Waals surface area contributed by atoms with Gasteiger partial charge in [-0.25, -0.2) is 18.4 Å². The van der Waals surface area contributed by atoms with Crippen molar-refractivity contribution in [2.75, 3.05) is 19.7 Å². The molecule has 11 heteroatoms. The monoisotopic (exact) mass is 520 g/mol. The van der Waals surface area contributed by atoms with Crippen LogP contribution in [-0.2, 0) is 17.8 Å². The van der Waals surface area contributed by atoms with E-state index in [2.05, 4.69) is 28.9 Å². The van der Waals surface area contributed by atoms with Gasteiger partial charge in [0.2, 0.25) is 5.91 Å². The third-order valence-electron chi connectivity index (χ3n) is 6.71. The van der Waals surface area contributed by atoms with Gasteiger partial charge in [0.05, 0.1) is 34.1 Å². The number of halogens is 2. The molecule has 4 aromatic rings. The Morgan fingerprint density at radius 1 is 1.26 bits per heavy atom. The Morgan fingerprint density at radius 2 is 2.03 bits per heavy atom. The SMILES string of the molecule is CC1(C)CCN(C(=O)Cn2nc(Cc3nc4cc(OCC(F)F)c(C#N)cc4[nH]3)c3ccccc3c2=O)C1. The van der Waals surface area contributed by atoms with Crippen molar-refractivity contribution in [2.45, 2.75) is 39.7 Å². The standard InChI is InChI=1S/C27H26F2N6O3/c1-27(2)7-8-34(15-27)25(36)13-35-26(37)18-6-4-3-5-17(18)19(33-35)11-24-31-20-9-16(12-30)22(10-21(20)32-24)38-14-23(28)29/h3-6,9-10,23H,7-8,11,13-15H2,1-2H3,(H,31,32). The van der Waals surface area contributed by atoms with E-state index in [-0.39, 0.29) is 41.2 Å². The number of carbonyl (C=O) groups is 1. The highest BCUT2D eigenvalue weighted by molar-refractivity contribution is 5.85. The van der Waals surface area contributed by atoms with Gasteiger partial charge < -0.3 is 14.6 Å². The summed E-state index contributed by atoms with van der Waals surface area (Å²) in [6.07, 6.45) is -1.57. The number of ether oxygens (including phenoxy) is 1. The quantitative estimate of drug-likeness (QED) is 0.398. The van der Waals surface area contributed by atoms with E-state index in [1.54, 1.807) is 29.2 Å². The Bertz CT molecular complexity index is 1640. The predicted molar refractivity (Wildman–Crippen MR) is 136 cm³/mol. The molecular formula is C27H26F2N6O3. The van der Waals surface area contributed by atoms with E-state index in [0.717, 1.165) is 6.42 Å². The Hall–Kier alpha value is -4.33. The first-order valence-electron chi connectivity index (χ1n) is 12.2. The predicted octanol–water partition coefficient (Wildman–Crippen LogP) is 3.64. The number of nitrogens with one attached hydrogen (secondary N) is 1. The molecule has 0 bridgehead atoms. The normalized spacial score (nSPS) is 14.9. The van der Waals surface area contributed by atoms with E-state index in [4.69, 9.17) is 4.74 Å². The molecule has 9 nitrogen and oxygen atoms in total. The number of aromatic nitrogens is 4. The van der Waals surface area contributed by atoms with Crippen molar-refractivity contribution in [1.82, 2.24) is 24.6 Å². The Balaban J connectivity index is 1.48. The zero-order valence-electron chi connectivity index (χ0n) is 21.0. The lowest BCUT2D eigenvalue weighted by Gasteiger charge is -2.20. The largest absolute Gasteiger partial charge is 0.486 e. The molecule has 1 saturated heterocycles. The second kappa shape index (κ2) is 9.85. The third-order valence-corrected chi connectivity index (χ3v) is 6.71. The van der Waals surface area contributed by atoms with Gasteiger partial charge in [-0.05, 0) is 24.0 Å². The number of H-pyrrole nitrogens is 1. The number of alkyl halides is 2. The van der Waals surface area contributed by atoms with Crippen LogP contribution in [0.15, 0.2) is 41.2 Å². The molecule has 0 spiro atoms. The van der Waals surface area contributed by atoms with E-state index < -0.39 is 13.0 Å². The Morgan fingerprint density at radius 3 is 2.71 bits per heavy atom. The molecule has 2 aromatic carbocycles. The smallest absolute Gasteiger partial charge is 0.275 e. The molecule has 0 aliphatic carbocycles. The highest BCUT2D eigenvalue weighted by Gasteiger charge is 2.32. The third kappa shape index (κ3) is 5.07. The van der Waals surface area contributed by atoms with Crippen LogP contribution in [0.5, 0.6) is 5.75 Å². The molecule has 1 fully saturated rings. The number of benzene rings is 2. The lowest BCUT2D eigenvalue weighted by molar-refractivity contribution is -0.131. The summed E-state index contributed by atoms with van der Waals surface area (Å²) in [7, 11) is 0. The summed E-state index contributed by atoms with van der Waals surface area (Å²) >= 11 is 0. The van der Waals surface area contributed by atoms with Crippen LogP contribution in [-0.4, -0.2) is 56.7 Å². The number of aromatic amines is 1. The zero-order chi connectivity index (χ0) is 27.0. The number of imidazole rings is 1. The highest BCUT2D eigenvalue weighted by Crippen LogP contribution is 2.29. The molecule has 1 N–H and O–H groups in total. The molecular weight excluding hydrogens is 494 g/mol. The first-order valence-corrected chi connectivity index (χ1v) is 12.2. The maximum absolute atomic E-state index is 13.2. The number of amides is 1. The van der Waals surface area contributed by atoms with E-state index >= 15 is 0 Å². The first kappa shape index (κ1) is 25.3. The van der Waals surface area contributed by atoms with Crippen molar-refractivity contribution in [3.05, 3.63) is 63.8 Å². The van der Waals surface area contributed by atoms with Gasteiger partial charge in [-0.3, -0.25) is 9.59 Å². The fourth-order valence-electron chi connectivity index (χ4n) is 4.79. The number of hydrogen-bond acceptors (Lipinski definition) is 6. The molecule has 0 saturated carbocycles. The van der Waals surface area contributed by atoms with Crippen LogP contribution in [0.25, 0.3) is 21.8 Å². The van der Waals surface area contributed by atoms with Gasteiger partial charge in [0.15, 0.2) is 0 Å². The highest BCUT2D eigenvalue weighted by atomic mass is 19.3. The number of fused-ring (bicyclic) bond motifs is 2. The van der Waals surface area contributed by atoms with Crippen LogP contribution in [0.1, 0.15) is 37.4 Å². The number of likely N-dealkylation sites (tertiary alicyclic amines) is 1. The molecule has 1 aliphatic rings. The van der Waals surface area contributed by atoms with E-state index in [9.17, 15) is 23.6 Å². The van der Waals surface area contributed by atoms with Crippen LogP contribution < -0.4 is 10.3 Å². The van der Waals surface area contributed by atoms with Gasteiger partial charge in [-0.1, -0.05) is 32.0 Å². The second-order valence-corrected chi connectivity index (χ2v) is 10.2. The molecule has 0 radical (unpaired) electrons. The molecule has 0 atom stereocenters. The van der Waals surface area contributed by atoms with Gasteiger partial charge in [0.1, 0.15) is 30.8 Å². The minimum absolute atomic E-state index is 0.0269. The van der Waals surface area contributed by atoms with Crippen molar-refractivity contribution >= 4 is 27.7 Å². The summed E-state index contributed by atoms with van der Waals surface area (Å²) in [5, 5.41) is 15.0. The fourth-order valence-corrected chi connectivity index (χ4v) is 4.79. The fraction of sp³-hybridized carbons (Fsp3) is 0.370. The number of hydrogen-bond donors (Lipinski definition) is 1. The van der Waals surface area contributed by atoms with Gasteiger partial charge in [0.25, 0.3) is 12.0 Å². The van der Waals surface area contributed by atoms with Crippen molar-refractivity contribution in [3.8, 4) is 11.8 Å². The first-order chi connectivity index (χ1) is 18.1. The molecule has 0 unspecified atom stereocenters. The van der Waals surface area contributed by atoms with Crippen LogP contribution in [0.2, 0.25) is 0 Å². The number of nitriles is 1. The van der Waals surface area contributed by atoms with Gasteiger partial charge in [-0.2, -0.15) is 10.4 Å². The topological polar surface area (TPSA) is 117 Å². The van der Waals surface area contributed by atoms with E-state index in [1.807, 2.05) is 6.07 Å². The molecule has 5 rings (SSSR count). The average Bonchev–Trinajstić information content (AvgIpc) is 3.46. The lowest BCUT2D eigenvalue weighted by Crippen LogP contribution is -2.37. The maximum Gasteiger partial charge on any atom is 0.275 e. The van der Waals surface area contributed by atoms with Crippen molar-refractivity contribution in [2.24, 2.45) is 5.41 Å². The van der Waals surface area contributed by atoms with Crippen molar-refractivity contribution in [1.29, 1.82) is 5.26 Å². The molecule has 2 aromatic heterocycles. The minimum Gasteiger partial charge on any atom is -0.486 e. The summed E-state index contributed by atoms with van der Waals surface area (Å²) in [5.41, 5.74) is 1.32. The van der Waals surface area contributed by atoms with E-state index in [0.29, 0.717) is 46.4 Å². The number of rotatable bonds is 7. The van der Waals surface area contributed by atoms with E-state index in [1.165, 1.54) is 16.8 Å². The molecule has 38 heavy (non-hydrogen) atoms. The molecule has 196 valence electrons. The van der Waals surface area contributed by atoms with Crippen LogP contribution in [0.3, 0.4) is 0 Å². The molecule has 1 aliphatic heterocycles. The van der Waals surface area contributed by atoms with Gasteiger partial charge >= 0.3 is 0 Å². The van der Waals surface area contributed by atoms with Crippen LogP contribution in [0, 0.1) is 16.7 Å². The van der Waals surface area contributed by atoms with Crippen LogP contribution >= 0.6 is 0 Å². The maximum atomic E-state index is 13.2. The lowest BCUT2D eigenvalue weighted by atomic mass is 9.93. The van der Waals surface area contributed by atoms with Gasteiger partial charge in [-0.15, -0.1) is 0 Å². The second-order valence-electron chi connectivity index (χ2n) is 10.2. The minimum atomic E-state index is -2.68. The molecule has 1 amide bonds. The summed E-state index contributed by atoms with van der Waals surface area (Å²) in [6.45, 7) is 4.51. The Labute approximate surface area is 216 Å². The van der Waals surface area contributed by atoms with Gasteiger partial charge in [0, 0.05) is 24.5 Å². The number of carbonyl (C=O) groups excluding carboxylic acids is 1. The van der Waals surface area contributed by atoms with Crippen molar-refractivity contribution in [3.63, 3.8) is 0 Å². The van der Waals surface area contributed by atoms with Crippen molar-refractivity contribution < 1.29 is 18.3 Å². The Kier molecular flexibility index (Phi) is 6.57. The van der Waals surface area contributed by atoms with Crippen LogP contribution in [0.4, 0.5) is 8.78 Å². The zero-order valence-corrected chi connectivity index (χ0v) is 21.0.